The largest absolute Gasteiger partial charge is 0.398 e. The van der Waals surface area contributed by atoms with Crippen molar-refractivity contribution in [3.8, 4) is 0 Å². The van der Waals surface area contributed by atoms with Gasteiger partial charge in [-0.1, -0.05) is 32.8 Å². The molecule has 0 radical (unpaired) electrons. The van der Waals surface area contributed by atoms with Crippen LogP contribution in [0, 0.1) is 12.8 Å². The molecule has 0 atom stereocenters. The molecule has 0 aliphatic rings. The fourth-order valence-corrected chi connectivity index (χ4v) is 3.02. The summed E-state index contributed by atoms with van der Waals surface area (Å²) < 4.78 is 26.8. The Kier molecular flexibility index (Phi) is 5.16. The van der Waals surface area contributed by atoms with Crippen LogP contribution in [0.15, 0.2) is 23.1 Å². The summed E-state index contributed by atoms with van der Waals surface area (Å²) in [6, 6.07) is 4.98. The SMILES string of the molecule is CCC(CC)CNS(=O)(=O)c1ccc(C)cc1N. The fourth-order valence-electron chi connectivity index (χ4n) is 1.80. The second-order valence-corrected chi connectivity index (χ2v) is 6.31. The topological polar surface area (TPSA) is 72.2 Å². The van der Waals surface area contributed by atoms with Gasteiger partial charge in [-0.25, -0.2) is 13.1 Å². The van der Waals surface area contributed by atoms with Crippen molar-refractivity contribution < 1.29 is 8.42 Å². The molecule has 5 heteroatoms. The Morgan fingerprint density at radius 2 is 1.89 bits per heavy atom. The molecule has 0 amide bonds. The van der Waals surface area contributed by atoms with Crippen LogP contribution in [0.2, 0.25) is 0 Å². The van der Waals surface area contributed by atoms with Gasteiger partial charge in [0.05, 0.1) is 5.69 Å². The molecule has 0 spiro atoms. The molecule has 4 nitrogen and oxygen atoms in total. The van der Waals surface area contributed by atoms with Gasteiger partial charge >= 0.3 is 0 Å². The van der Waals surface area contributed by atoms with Gasteiger partial charge in [-0.2, -0.15) is 0 Å². The molecule has 0 aliphatic carbocycles. The van der Waals surface area contributed by atoms with E-state index in [1.807, 2.05) is 6.92 Å². The number of sulfonamides is 1. The lowest BCUT2D eigenvalue weighted by Crippen LogP contribution is -2.29. The second kappa shape index (κ2) is 6.20. The number of nitrogens with one attached hydrogen (secondary N) is 1. The predicted octanol–water partition coefficient (Wildman–Crippen LogP) is 2.29. The first-order valence-electron chi connectivity index (χ1n) is 6.26. The van der Waals surface area contributed by atoms with Crippen molar-refractivity contribution in [1.29, 1.82) is 0 Å². The van der Waals surface area contributed by atoms with Crippen LogP contribution >= 0.6 is 0 Å². The standard InChI is InChI=1S/C13H22N2O2S/c1-4-11(5-2)9-15-18(16,17)13-7-6-10(3)8-12(13)14/h6-8,11,15H,4-5,9,14H2,1-3H3. The van der Waals surface area contributed by atoms with Crippen molar-refractivity contribution in [2.75, 3.05) is 12.3 Å². The monoisotopic (exact) mass is 270 g/mol. The summed E-state index contributed by atoms with van der Waals surface area (Å²) in [6.45, 7) is 6.46. The molecule has 0 heterocycles. The summed E-state index contributed by atoms with van der Waals surface area (Å²) in [5.41, 5.74) is 7.01. The van der Waals surface area contributed by atoms with Crippen molar-refractivity contribution in [3.05, 3.63) is 23.8 Å². The Morgan fingerprint density at radius 3 is 2.39 bits per heavy atom. The Hall–Kier alpha value is -1.07. The van der Waals surface area contributed by atoms with Gasteiger partial charge in [0.1, 0.15) is 4.90 Å². The Bertz CT molecular complexity index is 494. The average Bonchev–Trinajstić information content (AvgIpc) is 2.29. The molecule has 0 fully saturated rings. The van der Waals surface area contributed by atoms with E-state index in [0.29, 0.717) is 18.2 Å². The van der Waals surface area contributed by atoms with Gasteiger partial charge < -0.3 is 5.73 Å². The molecular weight excluding hydrogens is 248 g/mol. The van der Waals surface area contributed by atoms with E-state index < -0.39 is 10.0 Å². The van der Waals surface area contributed by atoms with E-state index in [1.165, 1.54) is 0 Å². The lowest BCUT2D eigenvalue weighted by molar-refractivity contribution is 0.479. The highest BCUT2D eigenvalue weighted by atomic mass is 32.2. The quantitative estimate of drug-likeness (QED) is 0.779. The first-order valence-corrected chi connectivity index (χ1v) is 7.74. The first-order chi connectivity index (χ1) is 8.40. The van der Waals surface area contributed by atoms with Crippen molar-refractivity contribution in [1.82, 2.24) is 4.72 Å². The molecule has 0 saturated carbocycles. The van der Waals surface area contributed by atoms with Crippen LogP contribution in [-0.4, -0.2) is 15.0 Å². The summed E-state index contributed by atoms with van der Waals surface area (Å²) in [6.07, 6.45) is 1.92. The van der Waals surface area contributed by atoms with E-state index in [2.05, 4.69) is 18.6 Å². The highest BCUT2D eigenvalue weighted by Gasteiger charge is 2.18. The molecule has 102 valence electrons. The highest BCUT2D eigenvalue weighted by molar-refractivity contribution is 7.89. The maximum absolute atomic E-state index is 12.1. The van der Waals surface area contributed by atoms with Crippen LogP contribution in [0.4, 0.5) is 5.69 Å². The number of aryl methyl sites for hydroxylation is 1. The number of rotatable bonds is 6. The molecular formula is C13H22N2O2S. The molecule has 3 N–H and O–H groups in total. The molecule has 1 aromatic rings. The van der Waals surface area contributed by atoms with E-state index >= 15 is 0 Å². The maximum Gasteiger partial charge on any atom is 0.242 e. The smallest absolute Gasteiger partial charge is 0.242 e. The first kappa shape index (κ1) is 15.0. The van der Waals surface area contributed by atoms with Gasteiger partial charge in [-0.05, 0) is 30.5 Å². The molecule has 1 rings (SSSR count). The van der Waals surface area contributed by atoms with Crippen LogP contribution in [-0.2, 0) is 10.0 Å². The Labute approximate surface area is 110 Å². The number of hydrogen-bond donors (Lipinski definition) is 2. The minimum Gasteiger partial charge on any atom is -0.398 e. The van der Waals surface area contributed by atoms with Gasteiger partial charge in [0.25, 0.3) is 0 Å². The van der Waals surface area contributed by atoms with Crippen molar-refractivity contribution >= 4 is 15.7 Å². The third kappa shape index (κ3) is 3.71. The highest BCUT2D eigenvalue weighted by Crippen LogP contribution is 2.19. The number of hydrogen-bond acceptors (Lipinski definition) is 3. The van der Waals surface area contributed by atoms with E-state index in [0.717, 1.165) is 18.4 Å². The number of anilines is 1. The zero-order chi connectivity index (χ0) is 13.8. The van der Waals surface area contributed by atoms with Gasteiger partial charge in [-0.15, -0.1) is 0 Å². The molecule has 18 heavy (non-hydrogen) atoms. The number of nitrogens with two attached hydrogens (primary N) is 1. The van der Waals surface area contributed by atoms with E-state index in [-0.39, 0.29) is 4.90 Å². The minimum absolute atomic E-state index is 0.166. The summed E-state index contributed by atoms with van der Waals surface area (Å²) >= 11 is 0. The molecule has 0 aliphatic heterocycles. The second-order valence-electron chi connectivity index (χ2n) is 4.58. The Balaban J connectivity index is 2.86. The maximum atomic E-state index is 12.1. The average molecular weight is 270 g/mol. The minimum atomic E-state index is -3.50. The van der Waals surface area contributed by atoms with Crippen molar-refractivity contribution in [2.45, 2.75) is 38.5 Å². The normalized spacial score (nSPS) is 12.0. The van der Waals surface area contributed by atoms with Crippen LogP contribution < -0.4 is 10.5 Å². The molecule has 0 saturated heterocycles. The van der Waals surface area contributed by atoms with E-state index in [9.17, 15) is 8.42 Å². The van der Waals surface area contributed by atoms with E-state index in [1.54, 1.807) is 18.2 Å². The lowest BCUT2D eigenvalue weighted by Gasteiger charge is -2.14. The van der Waals surface area contributed by atoms with E-state index in [4.69, 9.17) is 5.73 Å². The third-order valence-corrected chi connectivity index (χ3v) is 4.67. The summed E-state index contributed by atoms with van der Waals surface area (Å²) in [5, 5.41) is 0. The van der Waals surface area contributed by atoms with Gasteiger partial charge in [0.2, 0.25) is 10.0 Å². The zero-order valence-corrected chi connectivity index (χ0v) is 12.0. The molecule has 1 aromatic carbocycles. The Morgan fingerprint density at radius 1 is 1.28 bits per heavy atom. The van der Waals surface area contributed by atoms with Crippen LogP contribution in [0.3, 0.4) is 0 Å². The lowest BCUT2D eigenvalue weighted by atomic mass is 10.0. The third-order valence-electron chi connectivity index (χ3n) is 3.17. The molecule has 0 unspecified atom stereocenters. The fraction of sp³-hybridized carbons (Fsp3) is 0.538. The molecule has 0 aromatic heterocycles. The van der Waals surface area contributed by atoms with Crippen LogP contribution in [0.5, 0.6) is 0 Å². The van der Waals surface area contributed by atoms with Gasteiger partial charge in [0, 0.05) is 6.54 Å². The number of nitrogen functional groups attached to an aromatic ring is 1. The predicted molar refractivity (Wildman–Crippen MR) is 74.9 cm³/mol. The van der Waals surface area contributed by atoms with Crippen molar-refractivity contribution in [3.63, 3.8) is 0 Å². The summed E-state index contributed by atoms with van der Waals surface area (Å²) in [7, 11) is -3.50. The summed E-state index contributed by atoms with van der Waals surface area (Å²) in [5.74, 6) is 0.367. The zero-order valence-electron chi connectivity index (χ0n) is 11.2. The molecule has 0 bridgehead atoms. The van der Waals surface area contributed by atoms with Crippen molar-refractivity contribution in [2.24, 2.45) is 5.92 Å². The van der Waals surface area contributed by atoms with Crippen LogP contribution in [0.25, 0.3) is 0 Å². The number of benzene rings is 1. The van der Waals surface area contributed by atoms with Crippen LogP contribution in [0.1, 0.15) is 32.3 Å². The van der Waals surface area contributed by atoms with Gasteiger partial charge in [0.15, 0.2) is 0 Å². The van der Waals surface area contributed by atoms with Gasteiger partial charge in [-0.3, -0.25) is 0 Å². The summed E-state index contributed by atoms with van der Waals surface area (Å²) in [4.78, 5) is 0.166.